The first-order valence-corrected chi connectivity index (χ1v) is 9.48. The van der Waals surface area contributed by atoms with Crippen LogP contribution in [0.1, 0.15) is 25.2 Å². The van der Waals surface area contributed by atoms with Crippen LogP contribution in [-0.4, -0.2) is 21.2 Å². The van der Waals surface area contributed by atoms with Gasteiger partial charge in [0, 0.05) is 7.05 Å². The van der Waals surface area contributed by atoms with Crippen molar-refractivity contribution in [2.75, 3.05) is 0 Å². The molecule has 0 fully saturated rings. The van der Waals surface area contributed by atoms with Gasteiger partial charge in [0.25, 0.3) is 0 Å². The predicted molar refractivity (Wildman–Crippen MR) is 89.8 cm³/mol. The molecule has 0 aliphatic carbocycles. The molecule has 0 aliphatic rings. The number of thiocyanates is 1. The van der Waals surface area contributed by atoms with Crippen LogP contribution in [-0.2, 0) is 20.2 Å². The third-order valence-electron chi connectivity index (χ3n) is 2.33. The number of isothiocyanates is 1. The molecule has 0 unspecified atom stereocenters. The van der Waals surface area contributed by atoms with Gasteiger partial charge in [-0.25, -0.2) is 4.40 Å². The molecule has 21 heavy (non-hydrogen) atoms. The van der Waals surface area contributed by atoms with E-state index in [1.165, 1.54) is 0 Å². The van der Waals surface area contributed by atoms with Crippen molar-refractivity contribution < 1.29 is 13.1 Å². The van der Waals surface area contributed by atoms with Crippen LogP contribution in [0.5, 0.6) is 0 Å². The fourth-order valence-electron chi connectivity index (χ4n) is 1.52. The minimum absolute atomic E-state index is 0.194. The number of nitriles is 1. The van der Waals surface area contributed by atoms with Gasteiger partial charge in [0.1, 0.15) is 0 Å². The van der Waals surface area contributed by atoms with Crippen molar-refractivity contribution in [3.05, 3.63) is 23.5 Å². The maximum absolute atomic E-state index is 8.47. The zero-order valence-corrected chi connectivity index (χ0v) is 15.6. The maximum atomic E-state index is 8.47. The van der Waals surface area contributed by atoms with Gasteiger partial charge in [0.05, 0.1) is 39.9 Å². The summed E-state index contributed by atoms with van der Waals surface area (Å²) in [4.78, 5) is 0. The number of hydrogen-bond acceptors (Lipinski definition) is 6. The van der Waals surface area contributed by atoms with Gasteiger partial charge in [-0.3, -0.25) is 0 Å². The van der Waals surface area contributed by atoms with Crippen LogP contribution in [0, 0.1) is 10.7 Å². The van der Waals surface area contributed by atoms with Gasteiger partial charge >= 0.3 is 33.3 Å². The van der Waals surface area contributed by atoms with E-state index >= 15 is 0 Å². The quantitative estimate of drug-likeness (QED) is 0.189. The van der Waals surface area contributed by atoms with Gasteiger partial charge in [-0.15, -0.1) is 5.10 Å². The molecule has 114 valence electrons. The van der Waals surface area contributed by atoms with Crippen LogP contribution in [0.3, 0.4) is 0 Å². The molecule has 0 saturated carbocycles. The molecular formula is C11H11Cl2FeN5S2. The molecule has 0 aromatic carbocycles. The second-order valence-electron chi connectivity index (χ2n) is 3.45. The Hall–Kier alpha value is -0.641. The van der Waals surface area contributed by atoms with Crippen molar-refractivity contribution in [1.29, 1.82) is 5.26 Å². The molecule has 10 heteroatoms. The molecule has 1 aromatic heterocycles. The van der Waals surface area contributed by atoms with Crippen LogP contribution in [0.25, 0.3) is 0 Å². The van der Waals surface area contributed by atoms with Crippen molar-refractivity contribution in [1.82, 2.24) is 4.57 Å². The van der Waals surface area contributed by atoms with E-state index in [1.807, 2.05) is 43.0 Å². The van der Waals surface area contributed by atoms with Crippen molar-refractivity contribution in [3.63, 3.8) is 0 Å². The van der Waals surface area contributed by atoms with E-state index in [9.17, 15) is 0 Å². The van der Waals surface area contributed by atoms with Gasteiger partial charge in [-0.1, -0.05) is 5.10 Å². The molecule has 0 spiro atoms. The molecule has 0 saturated heterocycles. The Bertz CT molecular complexity index is 615. The van der Waals surface area contributed by atoms with Crippen molar-refractivity contribution >= 4 is 60.9 Å². The number of hydrogen-bond donors (Lipinski definition) is 0. The standard InChI is InChI=1S/C11H11N5S2.2ClH.Fe/c1-8(14-13-7-17)10-4-5-11(16(10)3)9(2)15-18-6-12;;;/h4-5H,1-3H3;2*1H;/q;;;+2/p-2/b14-8+,15-9+;;;. The molecule has 0 N–H and O–H groups in total. The van der Waals surface area contributed by atoms with E-state index in [0.717, 1.165) is 34.8 Å². The summed E-state index contributed by atoms with van der Waals surface area (Å²) in [6.45, 7) is 3.69. The van der Waals surface area contributed by atoms with E-state index in [2.05, 4.69) is 32.0 Å². The van der Waals surface area contributed by atoms with Crippen LogP contribution in [0.4, 0.5) is 0 Å². The molecule has 0 atom stereocenters. The third kappa shape index (κ3) is 7.25. The van der Waals surface area contributed by atoms with Gasteiger partial charge in [0.15, 0.2) is 5.40 Å². The summed E-state index contributed by atoms with van der Waals surface area (Å²) in [6.07, 6.45) is 0. The molecule has 0 bridgehead atoms. The van der Waals surface area contributed by atoms with E-state index in [4.69, 9.17) is 25.5 Å². The minimum atomic E-state index is 0.194. The summed E-state index contributed by atoms with van der Waals surface area (Å²) in [5.41, 5.74) is 3.35. The summed E-state index contributed by atoms with van der Waals surface area (Å²) in [5, 5.41) is 20.0. The number of halogens is 2. The zero-order valence-electron chi connectivity index (χ0n) is 11.3. The fourth-order valence-corrected chi connectivity index (χ4v) is 1.83. The van der Waals surface area contributed by atoms with Crippen LogP contribution in [0.2, 0.25) is 0 Å². The number of rotatable bonds is 4. The molecule has 0 radical (unpaired) electrons. The first kappa shape index (κ1) is 20.4. The molecule has 1 aromatic rings. The molecule has 0 aliphatic heterocycles. The number of nitrogens with zero attached hydrogens (tertiary/aromatic N) is 5. The van der Waals surface area contributed by atoms with Crippen molar-refractivity contribution in [3.8, 4) is 5.40 Å². The SMILES string of the molecule is C/C(=N\N=C=S)c1ccc(/C(C)=N/SC#N)n1C.[Cl][Fe][Cl]. The molecular weight excluding hydrogens is 393 g/mol. The molecule has 5 nitrogen and oxygen atoms in total. The van der Waals surface area contributed by atoms with E-state index in [1.54, 1.807) is 0 Å². The first-order chi connectivity index (χ1) is 10.0. The third-order valence-corrected chi connectivity index (χ3v) is 2.86. The normalized spacial score (nSPS) is 11.2. The Balaban J connectivity index is 0.00000122. The molecule has 1 rings (SSSR count). The Kier molecular flexibility index (Phi) is 11.6. The van der Waals surface area contributed by atoms with Gasteiger partial charge in [-0.2, -0.15) is 5.26 Å². The summed E-state index contributed by atoms with van der Waals surface area (Å²) in [6, 6.07) is 3.84. The van der Waals surface area contributed by atoms with Gasteiger partial charge < -0.3 is 4.57 Å². The fraction of sp³-hybridized carbons (Fsp3) is 0.273. The summed E-state index contributed by atoms with van der Waals surface area (Å²) in [5.74, 6) is 0. The van der Waals surface area contributed by atoms with E-state index in [-0.39, 0.29) is 13.1 Å². The van der Waals surface area contributed by atoms with Crippen molar-refractivity contribution in [2.45, 2.75) is 13.8 Å². The summed E-state index contributed by atoms with van der Waals surface area (Å²) >= 11 is 5.52. The number of aromatic nitrogens is 1. The van der Waals surface area contributed by atoms with E-state index in [0.29, 0.717) is 0 Å². The first-order valence-electron chi connectivity index (χ1n) is 5.26. The monoisotopic (exact) mass is 403 g/mol. The number of thiocarbonyl (C=S) groups is 1. The molecule has 1 heterocycles. The second-order valence-corrected chi connectivity index (χ2v) is 6.00. The predicted octanol–water partition coefficient (Wildman–Crippen LogP) is 4.17. The Labute approximate surface area is 147 Å². The average molecular weight is 404 g/mol. The Morgan fingerprint density at radius 3 is 2.33 bits per heavy atom. The zero-order chi connectivity index (χ0) is 16.3. The second kappa shape index (κ2) is 12.0. The Morgan fingerprint density at radius 1 is 1.33 bits per heavy atom. The summed E-state index contributed by atoms with van der Waals surface area (Å²) in [7, 11) is 11.4. The molecule has 0 amide bonds. The summed E-state index contributed by atoms with van der Waals surface area (Å²) < 4.78 is 6.01. The Morgan fingerprint density at radius 2 is 1.86 bits per heavy atom. The van der Waals surface area contributed by atoms with Crippen molar-refractivity contribution in [2.24, 2.45) is 21.6 Å². The average Bonchev–Trinajstić information content (AvgIpc) is 2.85. The van der Waals surface area contributed by atoms with Crippen LogP contribution in [0.15, 0.2) is 26.7 Å². The van der Waals surface area contributed by atoms with Crippen LogP contribution < -0.4 is 0 Å². The topological polar surface area (TPSA) is 65.8 Å². The van der Waals surface area contributed by atoms with Gasteiger partial charge in [0.2, 0.25) is 0 Å². The van der Waals surface area contributed by atoms with E-state index < -0.39 is 0 Å². The van der Waals surface area contributed by atoms with Crippen LogP contribution >= 0.6 is 44.4 Å². The van der Waals surface area contributed by atoms with Gasteiger partial charge in [-0.05, 0) is 38.2 Å².